The molecule has 4 aromatic rings. The van der Waals surface area contributed by atoms with E-state index in [0.29, 0.717) is 40.7 Å². The molecular weight excluding hydrogens is 787 g/mol. The van der Waals surface area contributed by atoms with Gasteiger partial charge in [0.25, 0.3) is 0 Å². The van der Waals surface area contributed by atoms with Crippen LogP contribution in [0.4, 0.5) is 0 Å². The van der Waals surface area contributed by atoms with Gasteiger partial charge in [0.15, 0.2) is 0 Å². The second-order valence-corrected chi connectivity index (χ2v) is 17.2. The second-order valence-electron chi connectivity index (χ2n) is 16.4. The van der Waals surface area contributed by atoms with Crippen LogP contribution in [0.25, 0.3) is 0 Å². The van der Waals surface area contributed by atoms with Gasteiger partial charge in [-0.05, 0) is 100 Å². The number of carbonyl (C=O) groups excluding carboxylic acids is 3. The molecule has 4 aromatic carbocycles. The first-order valence-electron chi connectivity index (χ1n) is 19.6. The fraction of sp³-hybridized carbons (Fsp3) is 0.391. The molecule has 13 heteroatoms. The molecule has 0 saturated heterocycles. The zero-order chi connectivity index (χ0) is 43.7. The maximum absolute atomic E-state index is 12.8. The topological polar surface area (TPSA) is 185 Å². The third-order valence-electron chi connectivity index (χ3n) is 11.8. The predicted molar refractivity (Wildman–Crippen MR) is 236 cm³/mol. The molecule has 6 atom stereocenters. The van der Waals surface area contributed by atoms with Gasteiger partial charge in [-0.2, -0.15) is 0 Å². The summed E-state index contributed by atoms with van der Waals surface area (Å²) in [7, 11) is 7.91. The Morgan fingerprint density at radius 3 is 1.46 bits per heavy atom. The highest BCUT2D eigenvalue weighted by Crippen LogP contribution is 2.54. The molecule has 59 heavy (non-hydrogen) atoms. The molecule has 2 fully saturated rings. The van der Waals surface area contributed by atoms with E-state index in [4.69, 9.17) is 45.5 Å². The van der Waals surface area contributed by atoms with Crippen LogP contribution in [0, 0.1) is 11.8 Å². The number of nitrogens with two attached hydrogens (primary N) is 3. The Morgan fingerprint density at radius 2 is 1.10 bits per heavy atom. The van der Waals surface area contributed by atoms with E-state index in [1.807, 2.05) is 95.8 Å². The molecule has 316 valence electrons. The number of carbonyl (C=O) groups is 4. The molecule has 0 spiro atoms. The molecule has 0 unspecified atom stereocenters. The van der Waals surface area contributed by atoms with Gasteiger partial charge in [-0.25, -0.2) is 0 Å². The van der Waals surface area contributed by atoms with Crippen LogP contribution in [-0.2, 0) is 33.3 Å². The minimum Gasteiger partial charge on any atom is -0.481 e. The third-order valence-corrected chi connectivity index (χ3v) is 12.5. The number of aliphatic carboxylic acids is 1. The van der Waals surface area contributed by atoms with E-state index in [-0.39, 0.29) is 40.7 Å². The summed E-state index contributed by atoms with van der Waals surface area (Å²) in [6.45, 7) is 5.25. The molecule has 8 N–H and O–H groups in total. The van der Waals surface area contributed by atoms with E-state index in [0.717, 1.165) is 36.0 Å². The molecule has 11 nitrogen and oxygen atoms in total. The number of nitrogens with one attached hydrogen (secondary N) is 1. The number of rotatable bonds is 15. The summed E-state index contributed by atoms with van der Waals surface area (Å²) >= 11 is 12.4. The Balaban J connectivity index is 0.000000216. The lowest BCUT2D eigenvalue weighted by Gasteiger charge is -2.25. The maximum Gasteiger partial charge on any atom is 0.307 e. The van der Waals surface area contributed by atoms with Crippen molar-refractivity contribution in [1.29, 1.82) is 0 Å². The standard InChI is InChI=1S/C23H28ClN3O2.C12H18ClN3O.C11H12O2/c1-23(17-7-5-4-6-8-17)13-19(23)22(29)26-14-18(27(2)3)11-15-9-10-16(21(25)28)12-20(15)24;1-16(2)10(7-14)5-8-3-4-9(12(15)17)6-11(8)13;1-11(7-9(11)10(12)13)8-5-3-2-4-6-8/h4-10,12,18-19H,11,13-14H2,1-3H3,(H2,25,28)(H,26,29);3-4,6,10H,5,7,14H2,1-2H3,(H2,15,17);2-6,9H,7H2,1H3,(H,12,13)/t18-,19-,23-;10-;9-,11-/m000/s1. The van der Waals surface area contributed by atoms with Crippen molar-refractivity contribution < 1.29 is 24.3 Å². The van der Waals surface area contributed by atoms with Gasteiger partial charge in [0.2, 0.25) is 17.7 Å². The van der Waals surface area contributed by atoms with Crippen molar-refractivity contribution in [3.8, 4) is 0 Å². The molecule has 0 radical (unpaired) electrons. The lowest BCUT2D eigenvalue weighted by molar-refractivity contribution is -0.139. The highest BCUT2D eigenvalue weighted by atomic mass is 35.5. The lowest BCUT2D eigenvalue weighted by atomic mass is 9.95. The van der Waals surface area contributed by atoms with E-state index < -0.39 is 17.8 Å². The summed E-state index contributed by atoms with van der Waals surface area (Å²) in [5.41, 5.74) is 21.1. The Bertz CT molecular complexity index is 2080. The lowest BCUT2D eigenvalue weighted by Crippen LogP contribution is -2.42. The number of hydrogen-bond acceptors (Lipinski definition) is 7. The summed E-state index contributed by atoms with van der Waals surface area (Å²) in [4.78, 5) is 49.9. The van der Waals surface area contributed by atoms with Crippen LogP contribution < -0.4 is 22.5 Å². The first-order valence-corrected chi connectivity index (χ1v) is 20.4. The van der Waals surface area contributed by atoms with Crippen LogP contribution in [-0.4, -0.2) is 92.0 Å². The van der Waals surface area contributed by atoms with Crippen molar-refractivity contribution in [3.05, 3.63) is 140 Å². The number of carboxylic acids is 1. The molecule has 3 amide bonds. The Kier molecular flexibility index (Phi) is 16.3. The summed E-state index contributed by atoms with van der Waals surface area (Å²) < 4.78 is 0. The molecule has 2 aliphatic carbocycles. The van der Waals surface area contributed by atoms with Gasteiger partial charge < -0.3 is 37.4 Å². The van der Waals surface area contributed by atoms with E-state index in [2.05, 4.69) is 34.2 Å². The van der Waals surface area contributed by atoms with E-state index >= 15 is 0 Å². The van der Waals surface area contributed by atoms with Gasteiger partial charge >= 0.3 is 5.97 Å². The van der Waals surface area contributed by atoms with Gasteiger partial charge in [0.05, 0.1) is 5.92 Å². The van der Waals surface area contributed by atoms with Crippen molar-refractivity contribution in [1.82, 2.24) is 15.1 Å². The number of carboxylic acid groups (broad SMARTS) is 1. The average molecular weight is 846 g/mol. The number of benzene rings is 4. The largest absolute Gasteiger partial charge is 0.481 e. The van der Waals surface area contributed by atoms with E-state index in [1.165, 1.54) is 5.56 Å². The van der Waals surface area contributed by atoms with Crippen LogP contribution in [0.15, 0.2) is 97.1 Å². The monoisotopic (exact) mass is 844 g/mol. The number of likely N-dealkylation sites (N-methyl/N-ethyl adjacent to an activating group) is 2. The summed E-state index contributed by atoms with van der Waals surface area (Å²) in [6, 6.07) is 30.6. The molecule has 0 heterocycles. The Labute approximate surface area is 358 Å². The molecule has 2 aliphatic rings. The van der Waals surface area contributed by atoms with Gasteiger partial charge in [0.1, 0.15) is 0 Å². The van der Waals surface area contributed by atoms with Crippen LogP contribution in [0.2, 0.25) is 10.0 Å². The van der Waals surface area contributed by atoms with Crippen LogP contribution >= 0.6 is 23.2 Å². The first kappa shape index (κ1) is 46.9. The number of primary amides is 2. The fourth-order valence-electron chi connectivity index (χ4n) is 7.24. The van der Waals surface area contributed by atoms with Gasteiger partial charge in [-0.15, -0.1) is 0 Å². The highest BCUT2D eigenvalue weighted by Gasteiger charge is 2.56. The second kappa shape index (κ2) is 20.5. The molecular formula is C46H58Cl2N6O5. The highest BCUT2D eigenvalue weighted by molar-refractivity contribution is 6.32. The van der Waals surface area contributed by atoms with Crippen LogP contribution in [0.5, 0.6) is 0 Å². The molecule has 6 rings (SSSR count). The van der Waals surface area contributed by atoms with Crippen molar-refractivity contribution in [2.75, 3.05) is 41.3 Å². The SMILES string of the molecule is CN(C)[C@H](CN)Cc1ccc(C(N)=O)cc1Cl.CN(C)[C@H](CNC(=O)[C@@H]1C[C@@]1(C)c1ccccc1)Cc1ccc(C(N)=O)cc1Cl.C[C@@]1(c2ccccc2)C[C@H]1C(=O)O. The normalized spacial score (nSPS) is 21.2. The van der Waals surface area contributed by atoms with E-state index in [1.54, 1.807) is 24.3 Å². The Hall–Kier alpha value is -4.78. The summed E-state index contributed by atoms with van der Waals surface area (Å²) in [5.74, 6) is -1.73. The fourth-order valence-corrected chi connectivity index (χ4v) is 7.76. The predicted octanol–water partition coefficient (Wildman–Crippen LogP) is 5.92. The smallest absolute Gasteiger partial charge is 0.307 e. The van der Waals surface area contributed by atoms with Gasteiger partial charge in [-0.1, -0.05) is 110 Å². The van der Waals surface area contributed by atoms with Gasteiger partial charge in [0, 0.05) is 63.1 Å². The Morgan fingerprint density at radius 1 is 0.695 bits per heavy atom. The first-order chi connectivity index (χ1) is 27.8. The summed E-state index contributed by atoms with van der Waals surface area (Å²) in [5, 5.41) is 13.0. The molecule has 2 saturated carbocycles. The molecule has 0 bridgehead atoms. The molecule has 0 aromatic heterocycles. The van der Waals surface area contributed by atoms with Crippen molar-refractivity contribution >= 4 is 46.9 Å². The minimum absolute atomic E-state index is 0.00569. The third kappa shape index (κ3) is 12.4. The number of hydrogen-bond donors (Lipinski definition) is 5. The average Bonchev–Trinajstić information content (AvgIpc) is 4.11. The minimum atomic E-state index is -0.675. The molecule has 0 aliphatic heterocycles. The maximum atomic E-state index is 12.8. The zero-order valence-electron chi connectivity index (χ0n) is 34.8. The van der Waals surface area contributed by atoms with Crippen LogP contribution in [0.1, 0.15) is 69.7 Å². The number of nitrogens with zero attached hydrogens (tertiary/aromatic N) is 2. The van der Waals surface area contributed by atoms with Crippen molar-refractivity contribution in [2.45, 2.75) is 62.4 Å². The van der Waals surface area contributed by atoms with Crippen molar-refractivity contribution in [2.24, 2.45) is 29.0 Å². The zero-order valence-corrected chi connectivity index (χ0v) is 36.3. The quantitative estimate of drug-likeness (QED) is 0.0976. The van der Waals surface area contributed by atoms with Crippen LogP contribution in [0.3, 0.4) is 0 Å². The van der Waals surface area contributed by atoms with Crippen molar-refractivity contribution in [3.63, 3.8) is 0 Å². The van der Waals surface area contributed by atoms with E-state index in [9.17, 15) is 19.2 Å². The number of amides is 3. The number of halogens is 2. The summed E-state index contributed by atoms with van der Waals surface area (Å²) in [6.07, 6.45) is 3.05. The van der Waals surface area contributed by atoms with Gasteiger partial charge in [-0.3, -0.25) is 19.2 Å².